The van der Waals surface area contributed by atoms with Crippen LogP contribution in [-0.2, 0) is 31.6 Å². The van der Waals surface area contributed by atoms with E-state index in [9.17, 15) is 40.7 Å². The van der Waals surface area contributed by atoms with Gasteiger partial charge >= 0.3 is 6.18 Å². The number of sulfone groups is 1. The Morgan fingerprint density at radius 2 is 1.88 bits per heavy atom. The molecule has 32 heavy (non-hydrogen) atoms. The fraction of sp³-hybridized carbons (Fsp3) is 0.300. The van der Waals surface area contributed by atoms with Gasteiger partial charge in [0.15, 0.2) is 15.4 Å². The quantitative estimate of drug-likeness (QED) is 0.512. The van der Waals surface area contributed by atoms with Gasteiger partial charge in [-0.2, -0.15) is 13.2 Å². The monoisotopic (exact) mass is 474 g/mol. The van der Waals surface area contributed by atoms with Gasteiger partial charge in [-0.1, -0.05) is 12.1 Å². The summed E-state index contributed by atoms with van der Waals surface area (Å²) in [5.41, 5.74) is -3.85. The number of fused-ring (bicyclic) bond motifs is 1. The summed E-state index contributed by atoms with van der Waals surface area (Å²) in [6.07, 6.45) is -3.71. The molecule has 2 aromatic rings. The van der Waals surface area contributed by atoms with Crippen LogP contribution in [0, 0.1) is 5.82 Å². The van der Waals surface area contributed by atoms with Gasteiger partial charge in [-0.25, -0.2) is 12.8 Å². The highest BCUT2D eigenvalue weighted by Crippen LogP contribution is 2.40. The van der Waals surface area contributed by atoms with Crippen LogP contribution in [0.3, 0.4) is 0 Å². The molecule has 1 heterocycles. The van der Waals surface area contributed by atoms with Gasteiger partial charge in [-0.3, -0.25) is 9.59 Å². The van der Waals surface area contributed by atoms with Gasteiger partial charge in [-0.15, -0.1) is 0 Å². The minimum absolute atomic E-state index is 0.0116. The molecule has 12 heteroatoms. The van der Waals surface area contributed by atoms with E-state index in [-0.39, 0.29) is 17.1 Å². The summed E-state index contributed by atoms with van der Waals surface area (Å²) in [6, 6.07) is 5.20. The van der Waals surface area contributed by atoms with Gasteiger partial charge in [-0.05, 0) is 42.3 Å². The fourth-order valence-corrected chi connectivity index (χ4v) is 4.10. The first-order valence-electron chi connectivity index (χ1n) is 9.10. The van der Waals surface area contributed by atoms with Crippen molar-refractivity contribution >= 4 is 27.8 Å². The summed E-state index contributed by atoms with van der Waals surface area (Å²) in [7, 11) is -3.52. The number of hydrogen-bond donors (Lipinski definition) is 2. The van der Waals surface area contributed by atoms with Crippen molar-refractivity contribution in [1.29, 1.82) is 0 Å². The number of amides is 2. The van der Waals surface area contributed by atoms with Gasteiger partial charge in [0.25, 0.3) is 5.91 Å². The summed E-state index contributed by atoms with van der Waals surface area (Å²) in [6.45, 7) is 0.369. The number of anilines is 1. The minimum atomic E-state index is -5.12. The Hall–Kier alpha value is -2.99. The number of nitrogens with one attached hydrogen (secondary N) is 1. The van der Waals surface area contributed by atoms with Crippen LogP contribution in [0.1, 0.15) is 29.7 Å². The predicted octanol–water partition coefficient (Wildman–Crippen LogP) is 2.65. The van der Waals surface area contributed by atoms with E-state index in [4.69, 9.17) is 0 Å². The summed E-state index contributed by atoms with van der Waals surface area (Å²) in [5, 5.41) is 12.0. The molecule has 2 atom stereocenters. The molecule has 0 fully saturated rings. The zero-order valence-corrected chi connectivity index (χ0v) is 17.6. The van der Waals surface area contributed by atoms with Crippen LogP contribution in [0.15, 0.2) is 41.3 Å². The topological polar surface area (TPSA) is 104 Å². The van der Waals surface area contributed by atoms with Crippen molar-refractivity contribution in [1.82, 2.24) is 4.90 Å². The van der Waals surface area contributed by atoms with Crippen LogP contribution < -0.4 is 5.32 Å². The standard InChI is InChI=1S/C20H18F4N2O5S/c1-19(29,20(22,23)24)15-6-3-12(8-16(15)21)25-18(28)17-14-5-4-13(32(2,30)31)7-11(14)9-26(17)10-27/h3-8,10,17,29H,9H2,1-2H3,(H,25,28). The maximum Gasteiger partial charge on any atom is 0.421 e. The second kappa shape index (κ2) is 7.85. The number of nitrogens with zero attached hydrogens (tertiary/aromatic N) is 1. The number of carbonyl (C=O) groups excluding carboxylic acids is 2. The maximum absolute atomic E-state index is 14.3. The van der Waals surface area contributed by atoms with Gasteiger partial charge in [0, 0.05) is 24.1 Å². The number of benzene rings is 2. The zero-order chi connectivity index (χ0) is 24.1. The summed E-state index contributed by atoms with van der Waals surface area (Å²) < 4.78 is 76.7. The smallest absolute Gasteiger partial charge is 0.376 e. The lowest BCUT2D eigenvalue weighted by Crippen LogP contribution is -2.40. The molecule has 0 spiro atoms. The Balaban J connectivity index is 1.89. The molecule has 2 unspecified atom stereocenters. The number of aliphatic hydroxyl groups is 1. The van der Waals surface area contributed by atoms with E-state index in [0.29, 0.717) is 36.6 Å². The van der Waals surface area contributed by atoms with Crippen LogP contribution in [-0.4, -0.2) is 43.2 Å². The lowest BCUT2D eigenvalue weighted by atomic mass is 9.94. The van der Waals surface area contributed by atoms with Gasteiger partial charge in [0.2, 0.25) is 6.41 Å². The lowest BCUT2D eigenvalue weighted by molar-refractivity contribution is -0.259. The molecule has 0 aromatic heterocycles. The highest BCUT2D eigenvalue weighted by Gasteiger charge is 2.52. The van der Waals surface area contributed by atoms with Crippen LogP contribution >= 0.6 is 0 Å². The van der Waals surface area contributed by atoms with Crippen molar-refractivity contribution in [2.75, 3.05) is 11.6 Å². The molecule has 3 rings (SSSR count). The van der Waals surface area contributed by atoms with Crippen molar-refractivity contribution in [3.05, 3.63) is 58.9 Å². The molecule has 1 aliphatic heterocycles. The van der Waals surface area contributed by atoms with Crippen LogP contribution in [0.4, 0.5) is 23.2 Å². The number of alkyl halides is 3. The molecule has 2 amide bonds. The van der Waals surface area contributed by atoms with Crippen molar-refractivity contribution in [2.24, 2.45) is 0 Å². The molecule has 7 nitrogen and oxygen atoms in total. The zero-order valence-electron chi connectivity index (χ0n) is 16.8. The molecule has 0 aliphatic carbocycles. The molecule has 0 saturated heterocycles. The van der Waals surface area contributed by atoms with Crippen molar-refractivity contribution < 1.29 is 40.7 Å². The average molecular weight is 474 g/mol. The first kappa shape index (κ1) is 23.7. The molecule has 0 saturated carbocycles. The van der Waals surface area contributed by atoms with Crippen LogP contribution in [0.5, 0.6) is 0 Å². The van der Waals surface area contributed by atoms with Crippen LogP contribution in [0.2, 0.25) is 0 Å². The Morgan fingerprint density at radius 1 is 1.22 bits per heavy atom. The number of rotatable bonds is 5. The Kier molecular flexibility index (Phi) is 5.81. The van der Waals surface area contributed by atoms with Crippen molar-refractivity contribution in [3.8, 4) is 0 Å². The van der Waals surface area contributed by atoms with E-state index in [1.165, 1.54) is 18.2 Å². The van der Waals surface area contributed by atoms with E-state index in [2.05, 4.69) is 5.32 Å². The molecule has 2 N–H and O–H groups in total. The molecule has 172 valence electrons. The Labute approximate surface area is 180 Å². The largest absolute Gasteiger partial charge is 0.421 e. The van der Waals surface area contributed by atoms with E-state index in [0.717, 1.165) is 17.2 Å². The van der Waals surface area contributed by atoms with E-state index in [1.54, 1.807) is 0 Å². The molecular weight excluding hydrogens is 456 g/mol. The normalized spacial score (nSPS) is 18.1. The summed E-state index contributed by atoms with van der Waals surface area (Å²) >= 11 is 0. The second-order valence-corrected chi connectivity index (χ2v) is 9.58. The summed E-state index contributed by atoms with van der Waals surface area (Å²) in [5.74, 6) is -2.17. The molecule has 0 bridgehead atoms. The first-order valence-corrected chi connectivity index (χ1v) is 11.0. The van der Waals surface area contributed by atoms with Crippen molar-refractivity contribution in [2.45, 2.75) is 36.2 Å². The third kappa shape index (κ3) is 4.19. The lowest BCUT2D eigenvalue weighted by Gasteiger charge is -2.27. The third-order valence-corrected chi connectivity index (χ3v) is 6.33. The first-order chi connectivity index (χ1) is 14.7. The molecule has 2 aromatic carbocycles. The van der Waals surface area contributed by atoms with Crippen molar-refractivity contribution in [3.63, 3.8) is 0 Å². The second-order valence-electron chi connectivity index (χ2n) is 7.57. The maximum atomic E-state index is 14.3. The highest BCUT2D eigenvalue weighted by atomic mass is 32.2. The average Bonchev–Trinajstić information content (AvgIpc) is 3.04. The van der Waals surface area contributed by atoms with E-state index >= 15 is 0 Å². The highest BCUT2D eigenvalue weighted by molar-refractivity contribution is 7.90. The van der Waals surface area contributed by atoms with Crippen LogP contribution in [0.25, 0.3) is 0 Å². The van der Waals surface area contributed by atoms with Gasteiger partial charge < -0.3 is 15.3 Å². The number of hydrogen-bond acceptors (Lipinski definition) is 5. The third-order valence-electron chi connectivity index (χ3n) is 5.22. The number of halogens is 4. The Morgan fingerprint density at radius 3 is 2.41 bits per heavy atom. The fourth-order valence-electron chi connectivity index (χ4n) is 3.42. The van der Waals surface area contributed by atoms with Gasteiger partial charge in [0.1, 0.15) is 11.9 Å². The predicted molar refractivity (Wildman–Crippen MR) is 105 cm³/mol. The molecular formula is C20H18F4N2O5S. The minimum Gasteiger partial charge on any atom is -0.376 e. The van der Waals surface area contributed by atoms with E-state index in [1.807, 2.05) is 0 Å². The summed E-state index contributed by atoms with van der Waals surface area (Å²) in [4.78, 5) is 25.4. The SMILES string of the molecule is CC(O)(c1ccc(NC(=O)C2c3ccc(S(C)(=O)=O)cc3CN2C=O)cc1F)C(F)(F)F. The van der Waals surface area contributed by atoms with E-state index < -0.39 is 44.9 Å². The molecule has 0 radical (unpaired) electrons. The number of carbonyl (C=O) groups is 2. The molecule has 1 aliphatic rings. The van der Waals surface area contributed by atoms with Gasteiger partial charge in [0.05, 0.1) is 4.90 Å². The Bertz CT molecular complexity index is 1190.